The molecule has 8 rings (SSSR count). The van der Waals surface area contributed by atoms with Crippen molar-refractivity contribution in [1.82, 2.24) is 18.7 Å². The summed E-state index contributed by atoms with van der Waals surface area (Å²) in [5, 5.41) is 0. The average molecular weight is 733 g/mol. The highest BCUT2D eigenvalue weighted by atomic mass is 32.1. The minimum Gasteiger partial charge on any atom is -0.249 e. The summed E-state index contributed by atoms with van der Waals surface area (Å²) in [6.45, 7) is 13.3. The minimum absolute atomic E-state index is 0.589. The van der Waals surface area contributed by atoms with Gasteiger partial charge in [0, 0.05) is 61.4 Å². The highest BCUT2D eigenvalue weighted by molar-refractivity contribution is 7.31. The molecule has 0 unspecified atom stereocenters. The van der Waals surface area contributed by atoms with Crippen LogP contribution in [0.4, 0.5) is 0 Å². The van der Waals surface area contributed by atoms with Crippen LogP contribution in [-0.4, -0.2) is 18.7 Å². The highest BCUT2D eigenvalue weighted by Crippen LogP contribution is 2.49. The molecule has 0 radical (unpaired) electrons. The van der Waals surface area contributed by atoms with E-state index in [4.69, 9.17) is 18.7 Å². The molecule has 0 aliphatic carbocycles. The van der Waals surface area contributed by atoms with Crippen LogP contribution in [0.5, 0.6) is 0 Å². The maximum atomic E-state index is 5.38. The number of benzene rings is 2. The predicted molar refractivity (Wildman–Crippen MR) is 217 cm³/mol. The summed E-state index contributed by atoms with van der Waals surface area (Å²) in [5.41, 5.74) is 10.3. The summed E-state index contributed by atoms with van der Waals surface area (Å²) < 4.78 is 15.1. The van der Waals surface area contributed by atoms with E-state index in [0.717, 1.165) is 75.8 Å². The molecule has 0 aliphatic rings. The van der Waals surface area contributed by atoms with Crippen LogP contribution in [0.25, 0.3) is 72.2 Å². The maximum absolute atomic E-state index is 5.38. The number of fused-ring (bicyclic) bond motifs is 4. The highest BCUT2D eigenvalue weighted by Gasteiger charge is 2.26. The number of hydrogen-bond donors (Lipinski definition) is 0. The Hall–Kier alpha value is -3.52. The van der Waals surface area contributed by atoms with Gasteiger partial charge in [-0.05, 0) is 73.1 Å². The summed E-state index contributed by atoms with van der Waals surface area (Å²) in [7, 11) is 0. The van der Waals surface area contributed by atoms with E-state index in [1.54, 1.807) is 0 Å². The van der Waals surface area contributed by atoms with Crippen molar-refractivity contribution in [3.63, 3.8) is 0 Å². The first-order valence-electron chi connectivity index (χ1n) is 16.9. The fraction of sp³-hybridized carbons (Fsp3) is 0.300. The van der Waals surface area contributed by atoms with Gasteiger partial charge in [0.05, 0.1) is 23.1 Å². The molecule has 6 aromatic heterocycles. The van der Waals surface area contributed by atoms with Gasteiger partial charge >= 0.3 is 0 Å². The number of nitrogens with zero attached hydrogens (tertiary/aromatic N) is 4. The van der Waals surface area contributed by atoms with Gasteiger partial charge in [0.15, 0.2) is 0 Å². The van der Waals surface area contributed by atoms with Crippen molar-refractivity contribution < 1.29 is 0 Å². The molecule has 0 atom stereocenters. The molecule has 0 bridgehead atoms. The van der Waals surface area contributed by atoms with Crippen molar-refractivity contribution in [2.45, 2.75) is 67.2 Å². The van der Waals surface area contributed by atoms with Crippen LogP contribution in [0.15, 0.2) is 48.5 Å². The standard InChI is InChI=1S/C40H36N4S5/c1-7-26-27(8-2)42-38-36(34-20-32-31(48-34)18-28(46-32)24-14-12-23(13-15-24)11-9-10-21(3)4)40-39(43-49-44-40)35(37(38)41-26)33-19-30-29(47-33)17-25(45-30)16-22(5)6/h12-15,17-22H,7-8,10,16H2,1-6H3. The van der Waals surface area contributed by atoms with Crippen LogP contribution < -0.4 is 0 Å². The minimum atomic E-state index is 0.589. The smallest absolute Gasteiger partial charge is 0.116 e. The van der Waals surface area contributed by atoms with E-state index in [1.165, 1.54) is 55.6 Å². The quantitative estimate of drug-likeness (QED) is 0.146. The molecule has 8 aromatic rings. The molecule has 0 amide bonds. The van der Waals surface area contributed by atoms with Gasteiger partial charge in [-0.1, -0.05) is 65.5 Å². The second-order valence-electron chi connectivity index (χ2n) is 13.3. The van der Waals surface area contributed by atoms with Gasteiger partial charge in [-0.2, -0.15) is 8.75 Å². The van der Waals surface area contributed by atoms with E-state index in [2.05, 4.69) is 102 Å². The SMILES string of the molecule is CCc1nc2c(-c3cc4sc(CC(C)C)cc4s3)c3nsnc3c(-c3cc4sc(-c5ccc(C#CCC(C)C)cc5)cc4s3)c2nc1CC. The second-order valence-corrected chi connectivity index (χ2v) is 18.3. The summed E-state index contributed by atoms with van der Waals surface area (Å²) >= 11 is 8.69. The summed E-state index contributed by atoms with van der Waals surface area (Å²) in [4.78, 5) is 15.9. The zero-order chi connectivity index (χ0) is 33.8. The summed E-state index contributed by atoms with van der Waals surface area (Å²) in [6, 6.07) is 18.0. The van der Waals surface area contributed by atoms with Crippen LogP contribution in [0.2, 0.25) is 0 Å². The molecule has 246 valence electrons. The summed E-state index contributed by atoms with van der Waals surface area (Å²) in [6.07, 6.45) is 3.72. The van der Waals surface area contributed by atoms with Gasteiger partial charge in [0.25, 0.3) is 0 Å². The fourth-order valence-electron chi connectivity index (χ4n) is 6.32. The zero-order valence-electron chi connectivity index (χ0n) is 28.4. The van der Waals surface area contributed by atoms with Gasteiger partial charge in [-0.3, -0.25) is 0 Å². The number of aryl methyl sites for hydroxylation is 2. The molecule has 9 heteroatoms. The van der Waals surface area contributed by atoms with E-state index in [0.29, 0.717) is 11.8 Å². The molecular formula is C40H36N4S5. The lowest BCUT2D eigenvalue weighted by atomic mass is 10.0. The first-order valence-corrected chi connectivity index (χ1v) is 20.9. The Morgan fingerprint density at radius 2 is 1.14 bits per heavy atom. The molecule has 49 heavy (non-hydrogen) atoms. The average Bonchev–Trinajstić information content (AvgIpc) is 3.90. The summed E-state index contributed by atoms with van der Waals surface area (Å²) in [5.74, 6) is 7.84. The van der Waals surface area contributed by atoms with Crippen molar-refractivity contribution in [2.75, 3.05) is 0 Å². The van der Waals surface area contributed by atoms with E-state index in [1.807, 2.05) is 45.3 Å². The van der Waals surface area contributed by atoms with E-state index >= 15 is 0 Å². The Balaban J connectivity index is 1.25. The Morgan fingerprint density at radius 3 is 1.67 bits per heavy atom. The Bertz CT molecular complexity index is 2480. The van der Waals surface area contributed by atoms with Gasteiger partial charge in [0.1, 0.15) is 22.1 Å². The van der Waals surface area contributed by atoms with E-state index < -0.39 is 0 Å². The third kappa shape index (κ3) is 6.12. The van der Waals surface area contributed by atoms with Crippen molar-refractivity contribution in [3.05, 3.63) is 70.4 Å². The molecular weight excluding hydrogens is 697 g/mol. The number of aromatic nitrogens is 4. The monoisotopic (exact) mass is 732 g/mol. The van der Waals surface area contributed by atoms with E-state index in [9.17, 15) is 0 Å². The van der Waals surface area contributed by atoms with Gasteiger partial charge < -0.3 is 0 Å². The molecule has 0 saturated carbocycles. The van der Waals surface area contributed by atoms with Crippen molar-refractivity contribution in [1.29, 1.82) is 0 Å². The van der Waals surface area contributed by atoms with Crippen molar-refractivity contribution >= 4 is 97.9 Å². The maximum Gasteiger partial charge on any atom is 0.116 e. The van der Waals surface area contributed by atoms with Gasteiger partial charge in [-0.25, -0.2) is 9.97 Å². The topological polar surface area (TPSA) is 51.6 Å². The molecule has 0 saturated heterocycles. The lowest BCUT2D eigenvalue weighted by Gasteiger charge is -2.13. The van der Waals surface area contributed by atoms with Crippen LogP contribution in [0.3, 0.4) is 0 Å². The molecule has 0 fully saturated rings. The first kappa shape index (κ1) is 32.7. The Labute approximate surface area is 307 Å². The molecule has 0 N–H and O–H groups in total. The largest absolute Gasteiger partial charge is 0.249 e. The molecule has 0 aliphatic heterocycles. The fourth-order valence-corrected chi connectivity index (χ4v) is 12.0. The van der Waals surface area contributed by atoms with Crippen LogP contribution in [0, 0.1) is 23.7 Å². The van der Waals surface area contributed by atoms with E-state index in [-0.39, 0.29) is 0 Å². The van der Waals surface area contributed by atoms with Crippen LogP contribution >= 0.6 is 57.1 Å². The Kier molecular flexibility index (Phi) is 8.88. The zero-order valence-corrected chi connectivity index (χ0v) is 32.5. The normalized spacial score (nSPS) is 12.0. The predicted octanol–water partition coefficient (Wildman–Crippen LogP) is 12.9. The van der Waals surface area contributed by atoms with Crippen LogP contribution in [0.1, 0.15) is 69.8 Å². The van der Waals surface area contributed by atoms with Crippen molar-refractivity contribution in [2.24, 2.45) is 11.8 Å². The lowest BCUT2D eigenvalue weighted by Crippen LogP contribution is -2.03. The number of thiophene rings is 4. The molecule has 4 nitrogen and oxygen atoms in total. The number of hydrogen-bond acceptors (Lipinski definition) is 9. The van der Waals surface area contributed by atoms with Crippen molar-refractivity contribution in [3.8, 4) is 43.2 Å². The van der Waals surface area contributed by atoms with Gasteiger partial charge in [-0.15, -0.1) is 45.3 Å². The lowest BCUT2D eigenvalue weighted by molar-refractivity contribution is 0.654. The third-order valence-corrected chi connectivity index (χ3v) is 13.9. The first-order chi connectivity index (χ1) is 23.8. The molecule has 2 aromatic carbocycles. The number of rotatable bonds is 8. The Morgan fingerprint density at radius 1 is 0.612 bits per heavy atom. The molecule has 0 spiro atoms. The van der Waals surface area contributed by atoms with Crippen LogP contribution in [-0.2, 0) is 19.3 Å². The third-order valence-electron chi connectivity index (χ3n) is 8.64. The molecule has 6 heterocycles. The van der Waals surface area contributed by atoms with Gasteiger partial charge in [0.2, 0.25) is 0 Å². The second kappa shape index (κ2) is 13.3.